The lowest BCUT2D eigenvalue weighted by molar-refractivity contribution is 1.08. The second kappa shape index (κ2) is 14.8. The van der Waals surface area contributed by atoms with Crippen LogP contribution in [0.25, 0.3) is 111 Å². The third-order valence-corrected chi connectivity index (χ3v) is 12.3. The predicted octanol–water partition coefficient (Wildman–Crippen LogP) is 15.6. The molecule has 3 nitrogen and oxygen atoms in total. The van der Waals surface area contributed by atoms with Crippen LogP contribution in [0, 0.1) is 0 Å². The SMILES string of the molecule is c1ccc(-c2cc(-c3ccccc3)cc(-n3c4ccccc4c4ccc(-c5ccc6c7ccccc7n(-c7cc(-c8ccccc8)cc(-c8ccccc8)n7)c6c5)cc43)c2)cc1. The van der Waals surface area contributed by atoms with Gasteiger partial charge in [-0.05, 0) is 99.1 Å². The molecule has 0 aliphatic heterocycles. The molecule has 0 spiro atoms. The molecule has 12 aromatic rings. The molecular formula is C59H39N3. The number of nitrogens with zero attached hydrogens (tertiary/aromatic N) is 3. The van der Waals surface area contributed by atoms with Crippen LogP contribution < -0.4 is 0 Å². The van der Waals surface area contributed by atoms with Gasteiger partial charge in [0.25, 0.3) is 0 Å². The smallest absolute Gasteiger partial charge is 0.138 e. The van der Waals surface area contributed by atoms with Crippen LogP contribution in [0.4, 0.5) is 0 Å². The fourth-order valence-electron chi connectivity index (χ4n) is 9.34. The maximum Gasteiger partial charge on any atom is 0.138 e. The van der Waals surface area contributed by atoms with Crippen LogP contribution >= 0.6 is 0 Å². The molecule has 0 N–H and O–H groups in total. The molecule has 290 valence electrons. The maximum atomic E-state index is 5.40. The number of rotatable bonds is 7. The Kier molecular flexibility index (Phi) is 8.50. The second-order valence-corrected chi connectivity index (χ2v) is 16.0. The van der Waals surface area contributed by atoms with Gasteiger partial charge >= 0.3 is 0 Å². The molecule has 3 aromatic heterocycles. The van der Waals surface area contributed by atoms with E-state index in [-0.39, 0.29) is 0 Å². The first-order valence-electron chi connectivity index (χ1n) is 21.2. The Morgan fingerprint density at radius 2 is 0.645 bits per heavy atom. The summed E-state index contributed by atoms with van der Waals surface area (Å²) in [6, 6.07) is 85.3. The number of benzene rings is 9. The van der Waals surface area contributed by atoms with Crippen LogP contribution in [0.2, 0.25) is 0 Å². The Hall–Kier alpha value is -8.27. The first-order valence-corrected chi connectivity index (χ1v) is 21.2. The van der Waals surface area contributed by atoms with Crippen molar-refractivity contribution in [3.63, 3.8) is 0 Å². The van der Waals surface area contributed by atoms with Gasteiger partial charge in [0.2, 0.25) is 0 Å². The highest BCUT2D eigenvalue weighted by Crippen LogP contribution is 2.40. The molecule has 0 unspecified atom stereocenters. The van der Waals surface area contributed by atoms with E-state index in [9.17, 15) is 0 Å². The fourth-order valence-corrected chi connectivity index (χ4v) is 9.34. The Morgan fingerprint density at radius 1 is 0.242 bits per heavy atom. The minimum absolute atomic E-state index is 0.886. The molecule has 0 saturated carbocycles. The predicted molar refractivity (Wildman–Crippen MR) is 260 cm³/mol. The third kappa shape index (κ3) is 6.10. The summed E-state index contributed by atoms with van der Waals surface area (Å²) in [5.41, 5.74) is 17.1. The van der Waals surface area contributed by atoms with E-state index in [1.807, 2.05) is 0 Å². The first-order chi connectivity index (χ1) is 30.7. The van der Waals surface area contributed by atoms with Crippen LogP contribution in [0.3, 0.4) is 0 Å². The Balaban J connectivity index is 1.08. The first kappa shape index (κ1) is 35.7. The van der Waals surface area contributed by atoms with Gasteiger partial charge in [-0.25, -0.2) is 4.98 Å². The largest absolute Gasteiger partial charge is 0.309 e. The molecule has 0 amide bonds. The normalized spacial score (nSPS) is 11.5. The molecule has 12 rings (SSSR count). The molecule has 62 heavy (non-hydrogen) atoms. The lowest BCUT2D eigenvalue weighted by Crippen LogP contribution is -2.00. The highest BCUT2D eigenvalue weighted by molar-refractivity contribution is 6.12. The van der Waals surface area contributed by atoms with Crippen molar-refractivity contribution in [1.82, 2.24) is 14.1 Å². The van der Waals surface area contributed by atoms with Gasteiger partial charge in [0.1, 0.15) is 5.82 Å². The zero-order chi connectivity index (χ0) is 41.0. The van der Waals surface area contributed by atoms with Crippen molar-refractivity contribution < 1.29 is 0 Å². The fraction of sp³-hybridized carbons (Fsp3) is 0. The standard InChI is InChI=1S/C59H39N3/c1-5-17-40(18-6-1)46-33-47(41-19-7-2-8-20-41)35-49(34-46)61-55-27-15-13-25-50(55)52-31-29-44(37-57(52)61)45-30-32-53-51-26-14-16-28-56(51)62(58(53)38-45)59-39-48(42-21-9-3-10-22-42)36-54(60-59)43-23-11-4-12-24-43/h1-39H. The number of fused-ring (bicyclic) bond motifs is 6. The number of pyridine rings is 1. The van der Waals surface area contributed by atoms with Crippen molar-refractivity contribution in [3.8, 4) is 67.3 Å². The van der Waals surface area contributed by atoms with Crippen molar-refractivity contribution in [2.45, 2.75) is 0 Å². The van der Waals surface area contributed by atoms with Gasteiger partial charge in [0.05, 0.1) is 27.8 Å². The van der Waals surface area contributed by atoms with Gasteiger partial charge in [0.15, 0.2) is 0 Å². The number of para-hydroxylation sites is 2. The van der Waals surface area contributed by atoms with E-state index in [1.165, 1.54) is 54.8 Å². The summed E-state index contributed by atoms with van der Waals surface area (Å²) in [7, 11) is 0. The summed E-state index contributed by atoms with van der Waals surface area (Å²) in [4.78, 5) is 5.40. The topological polar surface area (TPSA) is 22.8 Å². The van der Waals surface area contributed by atoms with Crippen LogP contribution in [0.5, 0.6) is 0 Å². The average Bonchev–Trinajstić information content (AvgIpc) is 3.87. The summed E-state index contributed by atoms with van der Waals surface area (Å²) >= 11 is 0. The minimum atomic E-state index is 0.886. The quantitative estimate of drug-likeness (QED) is 0.158. The van der Waals surface area contributed by atoms with Crippen LogP contribution in [-0.4, -0.2) is 14.1 Å². The Bertz CT molecular complexity index is 3250. The van der Waals surface area contributed by atoms with E-state index < -0.39 is 0 Å². The van der Waals surface area contributed by atoms with E-state index in [4.69, 9.17) is 4.98 Å². The van der Waals surface area contributed by atoms with Gasteiger partial charge in [-0.15, -0.1) is 0 Å². The van der Waals surface area contributed by atoms with E-state index in [1.54, 1.807) is 0 Å². The molecule has 0 aliphatic rings. The Morgan fingerprint density at radius 3 is 1.16 bits per heavy atom. The lowest BCUT2D eigenvalue weighted by atomic mass is 9.98. The molecule has 0 saturated heterocycles. The van der Waals surface area contributed by atoms with Crippen molar-refractivity contribution in [1.29, 1.82) is 0 Å². The summed E-state index contributed by atoms with van der Waals surface area (Å²) in [6.45, 7) is 0. The lowest BCUT2D eigenvalue weighted by Gasteiger charge is -2.15. The highest BCUT2D eigenvalue weighted by atomic mass is 15.1. The summed E-state index contributed by atoms with van der Waals surface area (Å²) < 4.78 is 4.80. The zero-order valence-electron chi connectivity index (χ0n) is 33.9. The molecule has 0 fully saturated rings. The Labute approximate surface area is 360 Å². The van der Waals surface area contributed by atoms with Gasteiger partial charge in [-0.1, -0.05) is 182 Å². The monoisotopic (exact) mass is 789 g/mol. The molecule has 3 heterocycles. The molecular weight excluding hydrogens is 751 g/mol. The van der Waals surface area contributed by atoms with Crippen LogP contribution in [0.15, 0.2) is 237 Å². The van der Waals surface area contributed by atoms with Gasteiger partial charge in [-0.2, -0.15) is 0 Å². The molecule has 0 radical (unpaired) electrons. The third-order valence-electron chi connectivity index (χ3n) is 12.3. The zero-order valence-corrected chi connectivity index (χ0v) is 33.9. The van der Waals surface area contributed by atoms with Gasteiger partial charge in [-0.3, -0.25) is 4.57 Å². The molecule has 0 bridgehead atoms. The van der Waals surface area contributed by atoms with E-state index >= 15 is 0 Å². The number of hydrogen-bond acceptors (Lipinski definition) is 1. The second-order valence-electron chi connectivity index (χ2n) is 16.0. The average molecular weight is 790 g/mol. The van der Waals surface area contributed by atoms with Crippen molar-refractivity contribution in [2.75, 3.05) is 0 Å². The van der Waals surface area contributed by atoms with E-state index in [2.05, 4.69) is 246 Å². The van der Waals surface area contributed by atoms with Crippen molar-refractivity contribution in [2.24, 2.45) is 0 Å². The molecule has 3 heteroatoms. The van der Waals surface area contributed by atoms with Crippen molar-refractivity contribution >= 4 is 43.6 Å². The molecule has 0 aliphatic carbocycles. The van der Waals surface area contributed by atoms with Crippen LogP contribution in [-0.2, 0) is 0 Å². The number of hydrogen-bond donors (Lipinski definition) is 0. The summed E-state index contributed by atoms with van der Waals surface area (Å²) in [5, 5.41) is 4.85. The number of aromatic nitrogens is 3. The van der Waals surface area contributed by atoms with Gasteiger partial charge in [0, 0.05) is 32.8 Å². The highest BCUT2D eigenvalue weighted by Gasteiger charge is 2.19. The van der Waals surface area contributed by atoms with Crippen molar-refractivity contribution in [3.05, 3.63) is 237 Å². The van der Waals surface area contributed by atoms with E-state index in [0.717, 1.165) is 56.0 Å². The van der Waals surface area contributed by atoms with E-state index in [0.29, 0.717) is 0 Å². The minimum Gasteiger partial charge on any atom is -0.309 e. The molecule has 0 atom stereocenters. The summed E-state index contributed by atoms with van der Waals surface area (Å²) in [5.74, 6) is 0.886. The maximum absolute atomic E-state index is 5.40. The summed E-state index contributed by atoms with van der Waals surface area (Å²) in [6.07, 6.45) is 0. The molecule has 9 aromatic carbocycles. The van der Waals surface area contributed by atoms with Gasteiger partial charge < -0.3 is 4.57 Å². The van der Waals surface area contributed by atoms with Crippen LogP contribution in [0.1, 0.15) is 0 Å².